The second kappa shape index (κ2) is 8.57. The molecule has 0 amide bonds. The number of hydrogen-bond donors (Lipinski definition) is 4. The van der Waals surface area contributed by atoms with Gasteiger partial charge in [0.2, 0.25) is 10.0 Å². The van der Waals surface area contributed by atoms with E-state index in [0.29, 0.717) is 10.9 Å². The Morgan fingerprint density at radius 2 is 2.00 bits per heavy atom. The summed E-state index contributed by atoms with van der Waals surface area (Å²) in [7, 11) is -7.86. The van der Waals surface area contributed by atoms with Crippen LogP contribution in [0.5, 0.6) is 5.75 Å². The standard InChI is InChI=1S/C22H25N5O6S3/c1-11-7-8-15-16(12(11)2)18(28)17(22(29)27(15)25-14-5-4-6-14)20-24-21-19(36(32,33)26-20)13(10-34-21)9-23-35(3,30)31/h7-8,10,14,23,25,28H,4-6,9H2,1-3H3,(H,24,26). The maximum Gasteiger partial charge on any atom is 0.287 e. The molecule has 14 heteroatoms. The maximum atomic E-state index is 13.7. The molecule has 4 N–H and O–H groups in total. The third-order valence-electron chi connectivity index (χ3n) is 6.54. The highest BCUT2D eigenvalue weighted by Crippen LogP contribution is 2.39. The maximum absolute atomic E-state index is 13.7. The minimum Gasteiger partial charge on any atom is -0.506 e. The summed E-state index contributed by atoms with van der Waals surface area (Å²) < 4.78 is 56.8. The topological polar surface area (TPSA) is 159 Å². The lowest BCUT2D eigenvalue weighted by Gasteiger charge is -2.30. The molecule has 36 heavy (non-hydrogen) atoms. The Morgan fingerprint density at radius 3 is 2.64 bits per heavy atom. The number of nitrogens with one attached hydrogen (secondary N) is 3. The van der Waals surface area contributed by atoms with E-state index < -0.39 is 25.6 Å². The van der Waals surface area contributed by atoms with Crippen LogP contribution < -0.4 is 21.0 Å². The molecule has 0 atom stereocenters. The van der Waals surface area contributed by atoms with Crippen molar-refractivity contribution in [2.45, 2.75) is 50.6 Å². The molecule has 192 valence electrons. The van der Waals surface area contributed by atoms with Gasteiger partial charge in [0.1, 0.15) is 21.2 Å². The molecule has 0 bridgehead atoms. The predicted octanol–water partition coefficient (Wildman–Crippen LogP) is 2.09. The highest BCUT2D eigenvalue weighted by atomic mass is 32.2. The van der Waals surface area contributed by atoms with Gasteiger partial charge in [0, 0.05) is 23.5 Å². The normalized spacial score (nSPS) is 17.2. The van der Waals surface area contributed by atoms with Gasteiger partial charge in [-0.05, 0) is 55.7 Å². The summed E-state index contributed by atoms with van der Waals surface area (Å²) in [5.41, 5.74) is 4.69. The highest BCUT2D eigenvalue weighted by molar-refractivity contribution is 7.91. The molecule has 1 aromatic carbocycles. The largest absolute Gasteiger partial charge is 0.506 e. The number of aromatic hydroxyl groups is 1. The first-order valence-corrected chi connectivity index (χ1v) is 15.4. The van der Waals surface area contributed by atoms with Gasteiger partial charge >= 0.3 is 0 Å². The van der Waals surface area contributed by atoms with Crippen molar-refractivity contribution in [3.05, 3.63) is 50.1 Å². The van der Waals surface area contributed by atoms with Crippen molar-refractivity contribution < 1.29 is 21.9 Å². The van der Waals surface area contributed by atoms with Crippen LogP contribution in [-0.4, -0.2) is 44.8 Å². The van der Waals surface area contributed by atoms with E-state index in [2.05, 4.69) is 19.9 Å². The van der Waals surface area contributed by atoms with Crippen LogP contribution in [0, 0.1) is 13.8 Å². The lowest BCUT2D eigenvalue weighted by molar-refractivity contribution is 0.414. The molecule has 11 nitrogen and oxygen atoms in total. The van der Waals surface area contributed by atoms with Gasteiger partial charge in [-0.3, -0.25) is 4.79 Å². The monoisotopic (exact) mass is 551 g/mol. The number of amidine groups is 1. The van der Waals surface area contributed by atoms with Gasteiger partial charge in [-0.15, -0.1) is 15.7 Å². The van der Waals surface area contributed by atoms with Gasteiger partial charge in [-0.1, -0.05) is 6.07 Å². The van der Waals surface area contributed by atoms with Crippen molar-refractivity contribution in [1.29, 1.82) is 0 Å². The average molecular weight is 552 g/mol. The highest BCUT2D eigenvalue weighted by Gasteiger charge is 2.34. The summed E-state index contributed by atoms with van der Waals surface area (Å²) in [6, 6.07) is 3.70. The number of aryl methyl sites for hydroxylation is 2. The fourth-order valence-electron chi connectivity index (χ4n) is 4.28. The molecule has 5 rings (SSSR count). The molecule has 0 unspecified atom stereocenters. The van der Waals surface area contributed by atoms with Gasteiger partial charge in [0.15, 0.2) is 5.84 Å². The van der Waals surface area contributed by atoms with Gasteiger partial charge < -0.3 is 15.8 Å². The van der Waals surface area contributed by atoms with E-state index in [9.17, 15) is 26.7 Å². The second-order valence-corrected chi connectivity index (χ2v) is 13.3. The summed E-state index contributed by atoms with van der Waals surface area (Å²) >= 11 is 1.04. The molecular weight excluding hydrogens is 526 g/mol. The first-order valence-electron chi connectivity index (χ1n) is 11.2. The van der Waals surface area contributed by atoms with E-state index in [1.165, 1.54) is 10.1 Å². The van der Waals surface area contributed by atoms with E-state index in [1.54, 1.807) is 6.07 Å². The SMILES string of the molecule is Cc1ccc2c(c1C)c(O)c(C1=NS(=O)(=O)c3c(CNS(C)(=O)=O)csc3N1)c(=O)n2NC1CCC1. The zero-order chi connectivity index (χ0) is 26.0. The smallest absolute Gasteiger partial charge is 0.287 e. The number of pyridine rings is 1. The zero-order valence-electron chi connectivity index (χ0n) is 19.7. The van der Waals surface area contributed by atoms with Crippen LogP contribution in [0.4, 0.5) is 5.00 Å². The molecule has 0 spiro atoms. The second-order valence-electron chi connectivity index (χ2n) is 9.08. The molecule has 0 radical (unpaired) electrons. The van der Waals surface area contributed by atoms with Crippen LogP contribution in [-0.2, 0) is 26.6 Å². The molecule has 2 aliphatic rings. The average Bonchev–Trinajstić information content (AvgIpc) is 3.16. The molecule has 3 heterocycles. The van der Waals surface area contributed by atoms with E-state index in [0.717, 1.165) is 48.0 Å². The number of hydrogen-bond acceptors (Lipinski definition) is 9. The fraction of sp³-hybridized carbons (Fsp3) is 0.364. The molecule has 1 aliphatic carbocycles. The fourth-order valence-corrected chi connectivity index (χ4v) is 7.31. The van der Waals surface area contributed by atoms with Crippen molar-refractivity contribution in [1.82, 2.24) is 9.40 Å². The Balaban J connectivity index is 1.68. The molecule has 0 saturated heterocycles. The van der Waals surface area contributed by atoms with Crippen LogP contribution in [0.3, 0.4) is 0 Å². The summed E-state index contributed by atoms with van der Waals surface area (Å²) in [5, 5.41) is 16.3. The minimum atomic E-state index is -4.31. The molecule has 1 aliphatic heterocycles. The summed E-state index contributed by atoms with van der Waals surface area (Å²) in [6.45, 7) is 3.48. The first-order chi connectivity index (χ1) is 16.9. The van der Waals surface area contributed by atoms with Crippen LogP contribution in [0.2, 0.25) is 0 Å². The third kappa shape index (κ3) is 4.17. The van der Waals surface area contributed by atoms with Crippen LogP contribution in [0.1, 0.15) is 41.5 Å². The number of rotatable bonds is 6. The van der Waals surface area contributed by atoms with E-state index in [-0.39, 0.29) is 45.2 Å². The summed E-state index contributed by atoms with van der Waals surface area (Å²) in [4.78, 5) is 13.5. The van der Waals surface area contributed by atoms with E-state index >= 15 is 0 Å². The number of sulfonamides is 2. The van der Waals surface area contributed by atoms with Crippen molar-refractivity contribution in [2.75, 3.05) is 17.0 Å². The first kappa shape index (κ1) is 24.7. The summed E-state index contributed by atoms with van der Waals surface area (Å²) in [6.07, 6.45) is 3.80. The van der Waals surface area contributed by atoms with Gasteiger partial charge in [0.25, 0.3) is 15.6 Å². The minimum absolute atomic E-state index is 0.0867. The van der Waals surface area contributed by atoms with Gasteiger partial charge in [0.05, 0.1) is 11.8 Å². The Kier molecular flexibility index (Phi) is 5.89. The number of thiophene rings is 1. The summed E-state index contributed by atoms with van der Waals surface area (Å²) in [5.74, 6) is -0.648. The predicted molar refractivity (Wildman–Crippen MR) is 140 cm³/mol. The molecular formula is C22H25N5O6S3. The van der Waals surface area contributed by atoms with Crippen molar-refractivity contribution in [3.8, 4) is 5.75 Å². The molecule has 1 fully saturated rings. The number of aromatic nitrogens is 1. The zero-order valence-corrected chi connectivity index (χ0v) is 22.2. The molecule has 2 aromatic heterocycles. The van der Waals surface area contributed by atoms with E-state index in [1.807, 2.05) is 19.9 Å². The Bertz CT molecular complexity index is 1720. The van der Waals surface area contributed by atoms with Gasteiger partial charge in [-0.25, -0.2) is 17.8 Å². The van der Waals surface area contributed by atoms with Crippen LogP contribution in [0.15, 0.2) is 31.6 Å². The molecule has 1 saturated carbocycles. The van der Waals surface area contributed by atoms with Crippen molar-refractivity contribution >= 4 is 53.1 Å². The third-order valence-corrected chi connectivity index (χ3v) is 9.69. The van der Waals surface area contributed by atoms with E-state index in [4.69, 9.17) is 0 Å². The lowest BCUT2D eigenvalue weighted by atomic mass is 9.94. The van der Waals surface area contributed by atoms with Crippen molar-refractivity contribution in [2.24, 2.45) is 4.40 Å². The Labute approximate surface area is 212 Å². The van der Waals surface area contributed by atoms with Crippen molar-refractivity contribution in [3.63, 3.8) is 0 Å². The Morgan fingerprint density at radius 1 is 1.28 bits per heavy atom. The number of anilines is 1. The van der Waals surface area contributed by atoms with Gasteiger partial charge in [-0.2, -0.15) is 8.42 Å². The van der Waals surface area contributed by atoms with Crippen LogP contribution in [0.25, 0.3) is 10.9 Å². The molecule has 3 aromatic rings. The van der Waals surface area contributed by atoms with Crippen LogP contribution >= 0.6 is 11.3 Å². The number of nitrogens with zero attached hydrogens (tertiary/aromatic N) is 2. The lowest BCUT2D eigenvalue weighted by Crippen LogP contribution is -2.42. The Hall–Kier alpha value is -2.94. The number of fused-ring (bicyclic) bond motifs is 2. The number of benzene rings is 1. The quantitative estimate of drug-likeness (QED) is 0.362.